The van der Waals surface area contributed by atoms with Gasteiger partial charge in [-0.25, -0.2) is 4.98 Å². The maximum absolute atomic E-state index is 11.5. The van der Waals surface area contributed by atoms with Crippen LogP contribution in [0.4, 0.5) is 0 Å². The number of aliphatic hydroxyl groups is 1. The molecule has 0 aliphatic carbocycles. The molecule has 1 heterocycles. The Morgan fingerprint density at radius 3 is 2.95 bits per heavy atom. The Balaban J connectivity index is 2.74. The average molecular weight is 396 g/mol. The van der Waals surface area contributed by atoms with E-state index in [2.05, 4.69) is 11.6 Å². The molecule has 0 bridgehead atoms. The molecule has 0 saturated heterocycles. The third-order valence-electron chi connectivity index (χ3n) is 2.34. The first-order valence-electron chi connectivity index (χ1n) is 5.75. The zero-order chi connectivity index (χ0) is 14.4. The summed E-state index contributed by atoms with van der Waals surface area (Å²) in [7, 11) is 0. The number of hydrogen-bond donors (Lipinski definition) is 1. The van der Waals surface area contributed by atoms with Gasteiger partial charge in [0.1, 0.15) is 6.61 Å². The van der Waals surface area contributed by atoms with E-state index >= 15 is 0 Å². The van der Waals surface area contributed by atoms with Gasteiger partial charge in [0.05, 0.1) is 15.4 Å². The third kappa shape index (κ3) is 5.08. The lowest BCUT2D eigenvalue weighted by Gasteiger charge is -2.11. The summed E-state index contributed by atoms with van der Waals surface area (Å²) < 4.78 is 6.11. The predicted octanol–water partition coefficient (Wildman–Crippen LogP) is 3.31. The molecule has 1 rings (SSSR count). The van der Waals surface area contributed by atoms with Crippen molar-refractivity contribution >= 4 is 40.0 Å². The van der Waals surface area contributed by atoms with Crippen LogP contribution in [0.25, 0.3) is 0 Å². The number of carbonyl (C=O) groups excluding carboxylic acids is 1. The molecule has 0 saturated carbocycles. The third-order valence-corrected chi connectivity index (χ3v) is 3.40. The van der Waals surface area contributed by atoms with Gasteiger partial charge in [0.25, 0.3) is 0 Å². The largest absolute Gasteiger partial charge is 0.481 e. The van der Waals surface area contributed by atoms with Gasteiger partial charge >= 0.3 is 0 Å². The number of nitrogens with zero attached hydrogens (tertiary/aromatic N) is 1. The zero-order valence-electron chi connectivity index (χ0n) is 10.5. The maximum Gasteiger partial charge on any atom is 0.172 e. The van der Waals surface area contributed by atoms with E-state index in [4.69, 9.17) is 16.3 Å². The van der Waals surface area contributed by atoms with Crippen LogP contribution in [-0.2, 0) is 4.79 Å². The lowest BCUT2D eigenvalue weighted by atomic mass is 10.2. The Morgan fingerprint density at radius 1 is 1.74 bits per heavy atom. The molecule has 0 amide bonds. The van der Waals surface area contributed by atoms with Crippen LogP contribution in [0, 0.1) is 3.57 Å². The van der Waals surface area contributed by atoms with Gasteiger partial charge in [-0.3, -0.25) is 4.79 Å². The fraction of sp³-hybridized carbons (Fsp3) is 0.385. The second kappa shape index (κ2) is 7.81. The molecule has 0 spiro atoms. The highest BCUT2D eigenvalue weighted by Crippen LogP contribution is 2.30. The number of ketones is 1. The van der Waals surface area contributed by atoms with Crippen LogP contribution in [0.1, 0.15) is 31.6 Å². The van der Waals surface area contributed by atoms with Gasteiger partial charge in [-0.1, -0.05) is 17.7 Å². The van der Waals surface area contributed by atoms with Crippen molar-refractivity contribution in [1.29, 1.82) is 0 Å². The Kier molecular flexibility index (Phi) is 6.74. The van der Waals surface area contributed by atoms with Crippen LogP contribution in [-0.4, -0.2) is 22.5 Å². The Bertz CT molecular complexity index is 454. The van der Waals surface area contributed by atoms with Gasteiger partial charge in [0, 0.05) is 6.42 Å². The quantitative estimate of drug-likeness (QED) is 0.437. The SMILES string of the molecule is C=CCCC(=O)COc1c(I)cc(C(C)O)nc1Cl. The second-order valence-electron chi connectivity index (χ2n) is 3.98. The van der Waals surface area contributed by atoms with Crippen molar-refractivity contribution in [2.75, 3.05) is 6.61 Å². The molecule has 1 N–H and O–H groups in total. The van der Waals surface area contributed by atoms with Crippen molar-refractivity contribution in [3.05, 3.63) is 33.1 Å². The Hall–Kier alpha value is -0.660. The first-order valence-corrected chi connectivity index (χ1v) is 7.20. The molecule has 19 heavy (non-hydrogen) atoms. The molecule has 1 aromatic heterocycles. The lowest BCUT2D eigenvalue weighted by Crippen LogP contribution is -2.12. The summed E-state index contributed by atoms with van der Waals surface area (Å²) in [6.45, 7) is 5.12. The molecule has 6 heteroatoms. The number of ether oxygens (including phenoxy) is 1. The number of pyridine rings is 1. The van der Waals surface area contributed by atoms with Crippen molar-refractivity contribution < 1.29 is 14.6 Å². The summed E-state index contributed by atoms with van der Waals surface area (Å²) >= 11 is 8.02. The summed E-state index contributed by atoms with van der Waals surface area (Å²) in [5.41, 5.74) is 0.472. The van der Waals surface area contributed by atoms with E-state index in [1.165, 1.54) is 0 Å². The average Bonchev–Trinajstić information content (AvgIpc) is 2.34. The smallest absolute Gasteiger partial charge is 0.172 e. The number of rotatable bonds is 7. The minimum Gasteiger partial charge on any atom is -0.481 e. The first-order chi connectivity index (χ1) is 8.95. The monoisotopic (exact) mass is 395 g/mol. The molecule has 0 radical (unpaired) electrons. The van der Waals surface area contributed by atoms with E-state index in [1.54, 1.807) is 19.1 Å². The Morgan fingerprint density at radius 2 is 2.42 bits per heavy atom. The van der Waals surface area contributed by atoms with Crippen LogP contribution < -0.4 is 4.74 Å². The topological polar surface area (TPSA) is 59.4 Å². The van der Waals surface area contributed by atoms with Gasteiger partial charge in [-0.2, -0.15) is 0 Å². The molecule has 104 valence electrons. The number of halogens is 2. The Labute approximate surface area is 131 Å². The predicted molar refractivity (Wildman–Crippen MR) is 82.5 cm³/mol. The van der Waals surface area contributed by atoms with Gasteiger partial charge in [-0.05, 0) is 42.0 Å². The fourth-order valence-corrected chi connectivity index (χ4v) is 2.46. The number of aromatic nitrogens is 1. The van der Waals surface area contributed by atoms with Crippen LogP contribution in [0.3, 0.4) is 0 Å². The summed E-state index contributed by atoms with van der Waals surface area (Å²) in [6, 6.07) is 1.68. The fourth-order valence-electron chi connectivity index (χ4n) is 1.32. The number of Topliss-reactive ketones (excluding diaryl/α,β-unsaturated/α-hetero) is 1. The second-order valence-corrected chi connectivity index (χ2v) is 5.50. The van der Waals surface area contributed by atoms with E-state index in [-0.39, 0.29) is 17.5 Å². The molecule has 4 nitrogen and oxygen atoms in total. The minimum absolute atomic E-state index is 0.0219. The van der Waals surface area contributed by atoms with Crippen molar-refractivity contribution in [3.63, 3.8) is 0 Å². The molecule has 1 unspecified atom stereocenters. The van der Waals surface area contributed by atoms with Gasteiger partial charge in [-0.15, -0.1) is 6.58 Å². The highest BCUT2D eigenvalue weighted by atomic mass is 127. The van der Waals surface area contributed by atoms with Crippen LogP contribution in [0.15, 0.2) is 18.7 Å². The highest BCUT2D eigenvalue weighted by molar-refractivity contribution is 14.1. The van der Waals surface area contributed by atoms with Crippen LogP contribution >= 0.6 is 34.2 Å². The molecule has 1 atom stereocenters. The normalized spacial score (nSPS) is 12.0. The lowest BCUT2D eigenvalue weighted by molar-refractivity contribution is -0.120. The molecule has 0 aliphatic heterocycles. The molecule has 0 aliphatic rings. The number of hydrogen-bond acceptors (Lipinski definition) is 4. The van der Waals surface area contributed by atoms with E-state index in [1.807, 2.05) is 22.6 Å². The summed E-state index contributed by atoms with van der Waals surface area (Å²) in [4.78, 5) is 15.5. The molecule has 0 fully saturated rings. The number of allylic oxidation sites excluding steroid dienone is 1. The standard InChI is InChI=1S/C13H15ClINO3/c1-3-4-5-9(18)7-19-12-10(15)6-11(8(2)17)16-13(12)14/h3,6,8,17H,1,4-5,7H2,2H3. The minimum atomic E-state index is -0.700. The summed E-state index contributed by atoms with van der Waals surface area (Å²) in [5, 5.41) is 9.60. The van der Waals surface area contributed by atoms with Gasteiger partial charge in [0.2, 0.25) is 0 Å². The number of carbonyl (C=O) groups is 1. The van der Waals surface area contributed by atoms with E-state index < -0.39 is 6.10 Å². The van der Waals surface area contributed by atoms with Gasteiger partial charge in [0.15, 0.2) is 16.7 Å². The maximum atomic E-state index is 11.5. The van der Waals surface area contributed by atoms with E-state index in [9.17, 15) is 9.90 Å². The van der Waals surface area contributed by atoms with Crippen LogP contribution in [0.5, 0.6) is 5.75 Å². The highest BCUT2D eigenvalue weighted by Gasteiger charge is 2.14. The van der Waals surface area contributed by atoms with Crippen molar-refractivity contribution in [1.82, 2.24) is 4.98 Å². The zero-order valence-corrected chi connectivity index (χ0v) is 13.4. The van der Waals surface area contributed by atoms with Crippen molar-refractivity contribution in [2.45, 2.75) is 25.9 Å². The van der Waals surface area contributed by atoms with E-state index in [0.29, 0.717) is 27.9 Å². The van der Waals surface area contributed by atoms with Crippen molar-refractivity contribution in [3.8, 4) is 5.75 Å². The van der Waals surface area contributed by atoms with Crippen LogP contribution in [0.2, 0.25) is 5.15 Å². The number of aliphatic hydroxyl groups excluding tert-OH is 1. The summed E-state index contributed by atoms with van der Waals surface area (Å²) in [5.74, 6) is 0.352. The molecular weight excluding hydrogens is 381 g/mol. The van der Waals surface area contributed by atoms with Gasteiger partial charge < -0.3 is 9.84 Å². The van der Waals surface area contributed by atoms with E-state index in [0.717, 1.165) is 0 Å². The molecule has 1 aromatic rings. The summed E-state index contributed by atoms with van der Waals surface area (Å²) in [6.07, 6.45) is 2.02. The molecular formula is C13H15ClINO3. The van der Waals surface area contributed by atoms with Crippen molar-refractivity contribution in [2.24, 2.45) is 0 Å². The first kappa shape index (κ1) is 16.4. The molecule has 0 aromatic carbocycles.